The number of nitrogens with zero attached hydrogens (tertiary/aromatic N) is 3. The van der Waals surface area contributed by atoms with Crippen LogP contribution in [0.3, 0.4) is 0 Å². The highest BCUT2D eigenvalue weighted by Crippen LogP contribution is 2.30. The van der Waals surface area contributed by atoms with Crippen molar-refractivity contribution in [2.24, 2.45) is 13.0 Å². The molecular weight excluding hydrogens is 232 g/mol. The van der Waals surface area contributed by atoms with Gasteiger partial charge in [0.05, 0.1) is 17.9 Å². The molecule has 0 radical (unpaired) electrons. The Morgan fingerprint density at radius 1 is 1.53 bits per heavy atom. The molecule has 0 bridgehead atoms. The normalized spacial score (nSPS) is 19.4. The smallest absolute Gasteiger partial charge is 0.0753 e. The Labute approximate surface area is 108 Å². The number of thioether (sulfide) groups is 1. The highest BCUT2D eigenvalue weighted by atomic mass is 32.2. The van der Waals surface area contributed by atoms with Crippen molar-refractivity contribution in [1.82, 2.24) is 20.3 Å². The second kappa shape index (κ2) is 6.40. The zero-order chi connectivity index (χ0) is 12.1. The van der Waals surface area contributed by atoms with Gasteiger partial charge >= 0.3 is 0 Å². The average molecular weight is 254 g/mol. The number of aryl methyl sites for hydroxylation is 1. The SMILES string of the molecule is CCNC(CC1CCSCC1)c1cnnn1C. The molecule has 1 atom stereocenters. The van der Waals surface area contributed by atoms with Crippen LogP contribution in [0.4, 0.5) is 0 Å². The Hall–Kier alpha value is -0.550. The summed E-state index contributed by atoms with van der Waals surface area (Å²) in [4.78, 5) is 0. The van der Waals surface area contributed by atoms with Gasteiger partial charge in [-0.3, -0.25) is 4.68 Å². The Kier molecular flexibility index (Phi) is 4.86. The van der Waals surface area contributed by atoms with Crippen molar-refractivity contribution in [1.29, 1.82) is 0 Å². The summed E-state index contributed by atoms with van der Waals surface area (Å²) in [6, 6.07) is 0.410. The maximum Gasteiger partial charge on any atom is 0.0753 e. The van der Waals surface area contributed by atoms with E-state index in [0.29, 0.717) is 6.04 Å². The predicted molar refractivity (Wildman–Crippen MR) is 72.1 cm³/mol. The molecular formula is C12H22N4S. The van der Waals surface area contributed by atoms with E-state index in [1.165, 1.54) is 36.5 Å². The monoisotopic (exact) mass is 254 g/mol. The number of aromatic nitrogens is 3. The van der Waals surface area contributed by atoms with E-state index >= 15 is 0 Å². The summed E-state index contributed by atoms with van der Waals surface area (Å²) >= 11 is 2.09. The average Bonchev–Trinajstić information content (AvgIpc) is 2.76. The third-order valence-corrected chi connectivity index (χ3v) is 4.52. The van der Waals surface area contributed by atoms with Crippen LogP contribution in [0.2, 0.25) is 0 Å². The first kappa shape index (κ1) is 12.9. The van der Waals surface area contributed by atoms with E-state index in [0.717, 1.165) is 12.5 Å². The molecule has 0 amide bonds. The predicted octanol–water partition coefficient (Wildman–Crippen LogP) is 2.00. The maximum atomic E-state index is 4.04. The van der Waals surface area contributed by atoms with Gasteiger partial charge in [-0.25, -0.2) is 0 Å². The second-order valence-electron chi connectivity index (χ2n) is 4.68. The summed E-state index contributed by atoms with van der Waals surface area (Å²) in [6.07, 6.45) is 5.83. The molecule has 0 saturated carbocycles. The molecule has 4 nitrogen and oxygen atoms in total. The van der Waals surface area contributed by atoms with Crippen LogP contribution >= 0.6 is 11.8 Å². The zero-order valence-electron chi connectivity index (χ0n) is 10.7. The zero-order valence-corrected chi connectivity index (χ0v) is 11.5. The van der Waals surface area contributed by atoms with Gasteiger partial charge in [0.25, 0.3) is 0 Å². The van der Waals surface area contributed by atoms with Crippen LogP contribution in [0.15, 0.2) is 6.20 Å². The van der Waals surface area contributed by atoms with E-state index in [1.807, 2.05) is 17.9 Å². The third kappa shape index (κ3) is 3.45. The van der Waals surface area contributed by atoms with Gasteiger partial charge in [-0.05, 0) is 43.2 Å². The molecule has 0 spiro atoms. The molecule has 96 valence electrons. The first-order chi connectivity index (χ1) is 8.31. The number of nitrogens with one attached hydrogen (secondary N) is 1. The van der Waals surface area contributed by atoms with Crippen molar-refractivity contribution < 1.29 is 0 Å². The summed E-state index contributed by atoms with van der Waals surface area (Å²) in [5, 5.41) is 11.6. The van der Waals surface area contributed by atoms with Gasteiger partial charge in [0.15, 0.2) is 0 Å². The van der Waals surface area contributed by atoms with Crippen molar-refractivity contribution >= 4 is 11.8 Å². The molecule has 17 heavy (non-hydrogen) atoms. The van der Waals surface area contributed by atoms with Gasteiger partial charge in [-0.1, -0.05) is 12.1 Å². The van der Waals surface area contributed by atoms with Crippen LogP contribution in [0, 0.1) is 5.92 Å². The van der Waals surface area contributed by atoms with Crippen LogP contribution in [-0.2, 0) is 7.05 Å². The van der Waals surface area contributed by atoms with E-state index in [4.69, 9.17) is 0 Å². The molecule has 1 saturated heterocycles. The van der Waals surface area contributed by atoms with Gasteiger partial charge in [0, 0.05) is 7.05 Å². The minimum Gasteiger partial charge on any atom is -0.309 e. The van der Waals surface area contributed by atoms with Gasteiger partial charge in [0.2, 0.25) is 0 Å². The standard InChI is InChI=1S/C12H22N4S/c1-3-13-11(12-9-14-15-16(12)2)8-10-4-6-17-7-5-10/h9-11,13H,3-8H2,1-2H3. The summed E-state index contributed by atoms with van der Waals surface area (Å²) in [6.45, 7) is 3.16. The molecule has 1 aromatic heterocycles. The van der Waals surface area contributed by atoms with E-state index < -0.39 is 0 Å². The quantitative estimate of drug-likeness (QED) is 0.873. The van der Waals surface area contributed by atoms with E-state index in [9.17, 15) is 0 Å². The molecule has 0 aromatic carbocycles. The number of hydrogen-bond donors (Lipinski definition) is 1. The fourth-order valence-corrected chi connectivity index (χ4v) is 3.69. The number of rotatable bonds is 5. The van der Waals surface area contributed by atoms with Crippen molar-refractivity contribution in [3.63, 3.8) is 0 Å². The van der Waals surface area contributed by atoms with E-state index in [-0.39, 0.29) is 0 Å². The van der Waals surface area contributed by atoms with Gasteiger partial charge in [-0.2, -0.15) is 11.8 Å². The lowest BCUT2D eigenvalue weighted by Crippen LogP contribution is -2.26. The Morgan fingerprint density at radius 3 is 2.88 bits per heavy atom. The van der Waals surface area contributed by atoms with Crippen molar-refractivity contribution in [2.45, 2.75) is 32.2 Å². The molecule has 2 rings (SSSR count). The molecule has 2 heterocycles. The van der Waals surface area contributed by atoms with Crippen molar-refractivity contribution in [3.8, 4) is 0 Å². The fraction of sp³-hybridized carbons (Fsp3) is 0.833. The van der Waals surface area contributed by atoms with Crippen LogP contribution in [-0.4, -0.2) is 33.0 Å². The fourth-order valence-electron chi connectivity index (χ4n) is 2.48. The minimum atomic E-state index is 0.410. The molecule has 1 unspecified atom stereocenters. The van der Waals surface area contributed by atoms with Crippen LogP contribution < -0.4 is 5.32 Å². The topological polar surface area (TPSA) is 42.7 Å². The highest BCUT2D eigenvalue weighted by molar-refractivity contribution is 7.99. The van der Waals surface area contributed by atoms with Crippen LogP contribution in [0.5, 0.6) is 0 Å². The Bertz CT molecular complexity index is 333. The lowest BCUT2D eigenvalue weighted by molar-refractivity contribution is 0.362. The number of hydrogen-bond acceptors (Lipinski definition) is 4. The summed E-state index contributed by atoms with van der Waals surface area (Å²) in [7, 11) is 1.98. The maximum absolute atomic E-state index is 4.04. The van der Waals surface area contributed by atoms with Crippen LogP contribution in [0.1, 0.15) is 37.9 Å². The van der Waals surface area contributed by atoms with Gasteiger partial charge in [0.1, 0.15) is 0 Å². The summed E-state index contributed by atoms with van der Waals surface area (Å²) in [5.41, 5.74) is 1.21. The summed E-state index contributed by atoms with van der Waals surface area (Å²) in [5.74, 6) is 3.51. The molecule has 1 N–H and O–H groups in total. The molecule has 5 heteroatoms. The van der Waals surface area contributed by atoms with Crippen LogP contribution in [0.25, 0.3) is 0 Å². The first-order valence-corrected chi connectivity index (χ1v) is 7.62. The van der Waals surface area contributed by atoms with Gasteiger partial charge < -0.3 is 5.32 Å². The molecule has 1 fully saturated rings. The first-order valence-electron chi connectivity index (χ1n) is 6.47. The highest BCUT2D eigenvalue weighted by Gasteiger charge is 2.21. The Balaban J connectivity index is 1.99. The lowest BCUT2D eigenvalue weighted by atomic mass is 9.93. The van der Waals surface area contributed by atoms with Crippen molar-refractivity contribution in [3.05, 3.63) is 11.9 Å². The second-order valence-corrected chi connectivity index (χ2v) is 5.91. The minimum absolute atomic E-state index is 0.410. The molecule has 0 aliphatic carbocycles. The van der Waals surface area contributed by atoms with Crippen molar-refractivity contribution in [2.75, 3.05) is 18.1 Å². The summed E-state index contributed by atoms with van der Waals surface area (Å²) < 4.78 is 1.89. The molecule has 1 aliphatic heterocycles. The Morgan fingerprint density at radius 2 is 2.29 bits per heavy atom. The molecule has 1 aliphatic rings. The third-order valence-electron chi connectivity index (χ3n) is 3.47. The van der Waals surface area contributed by atoms with Gasteiger partial charge in [-0.15, -0.1) is 5.10 Å². The lowest BCUT2D eigenvalue weighted by Gasteiger charge is -2.26. The molecule has 1 aromatic rings. The largest absolute Gasteiger partial charge is 0.309 e. The van der Waals surface area contributed by atoms with E-state index in [2.05, 4.69) is 34.3 Å². The van der Waals surface area contributed by atoms with E-state index in [1.54, 1.807) is 0 Å².